The summed E-state index contributed by atoms with van der Waals surface area (Å²) >= 11 is 0. The summed E-state index contributed by atoms with van der Waals surface area (Å²) in [6, 6.07) is 0. The van der Waals surface area contributed by atoms with Gasteiger partial charge in [-0.1, -0.05) is 6.92 Å². The largest absolute Gasteiger partial charge is 0.464 e. The Bertz CT molecular complexity index is 353. The fourth-order valence-corrected chi connectivity index (χ4v) is 1.16. The van der Waals surface area contributed by atoms with Crippen LogP contribution in [0.5, 0.6) is 0 Å². The maximum absolute atomic E-state index is 11.1. The quantitative estimate of drug-likeness (QED) is 0.733. The molecule has 94 valence electrons. The van der Waals surface area contributed by atoms with Gasteiger partial charge in [0.15, 0.2) is 5.69 Å². The lowest BCUT2D eigenvalue weighted by Crippen LogP contribution is -2.25. The number of hydrogen-bond donors (Lipinski definition) is 1. The fraction of sp³-hybridized carbons (Fsp3) is 0.545. The predicted octanol–water partition coefficient (Wildman–Crippen LogP) is 0.627. The van der Waals surface area contributed by atoms with Crippen molar-refractivity contribution in [1.29, 1.82) is 0 Å². The molecule has 1 aromatic rings. The average Bonchev–Trinajstić information content (AvgIpc) is 2.38. The molecule has 1 rings (SSSR count). The smallest absolute Gasteiger partial charge is 0.358 e. The first kappa shape index (κ1) is 13.4. The number of methoxy groups -OCH3 is 1. The highest BCUT2D eigenvalue weighted by Gasteiger charge is 2.06. The van der Waals surface area contributed by atoms with Crippen LogP contribution in [-0.2, 0) is 4.74 Å². The molecule has 0 fully saturated rings. The van der Waals surface area contributed by atoms with Gasteiger partial charge in [0.2, 0.25) is 0 Å². The summed E-state index contributed by atoms with van der Waals surface area (Å²) in [7, 11) is 3.37. The average molecular weight is 238 g/mol. The van der Waals surface area contributed by atoms with E-state index in [4.69, 9.17) is 0 Å². The highest BCUT2D eigenvalue weighted by molar-refractivity contribution is 5.86. The van der Waals surface area contributed by atoms with Gasteiger partial charge in [-0.2, -0.15) is 0 Å². The highest BCUT2D eigenvalue weighted by atomic mass is 16.5. The molecule has 1 aromatic heterocycles. The molecule has 6 heteroatoms. The number of carbonyl (C=O) groups excluding carboxylic acids is 1. The number of nitrogens with one attached hydrogen (secondary N) is 1. The van der Waals surface area contributed by atoms with E-state index in [2.05, 4.69) is 31.8 Å². The Balaban J connectivity index is 2.43. The Kier molecular flexibility index (Phi) is 5.35. The lowest BCUT2D eigenvalue weighted by atomic mass is 10.4. The number of anilines is 1. The fourth-order valence-electron chi connectivity index (χ4n) is 1.16. The first-order chi connectivity index (χ1) is 8.17. The summed E-state index contributed by atoms with van der Waals surface area (Å²) in [4.78, 5) is 21.3. The van der Waals surface area contributed by atoms with Crippen LogP contribution in [0.3, 0.4) is 0 Å². The van der Waals surface area contributed by atoms with E-state index in [0.717, 1.165) is 19.6 Å². The van der Waals surface area contributed by atoms with E-state index in [0.29, 0.717) is 5.82 Å². The van der Waals surface area contributed by atoms with Gasteiger partial charge < -0.3 is 15.0 Å². The number of esters is 1. The summed E-state index contributed by atoms with van der Waals surface area (Å²) < 4.78 is 4.53. The molecule has 1 N–H and O–H groups in total. The molecule has 0 spiro atoms. The Hall–Kier alpha value is -1.69. The van der Waals surface area contributed by atoms with Crippen LogP contribution < -0.4 is 5.32 Å². The zero-order chi connectivity index (χ0) is 12.7. The van der Waals surface area contributed by atoms with Crippen molar-refractivity contribution >= 4 is 11.8 Å². The van der Waals surface area contributed by atoms with E-state index in [1.54, 1.807) is 0 Å². The molecule has 0 saturated heterocycles. The van der Waals surface area contributed by atoms with Crippen LogP contribution in [0.25, 0.3) is 0 Å². The van der Waals surface area contributed by atoms with Crippen molar-refractivity contribution in [2.75, 3.05) is 39.1 Å². The lowest BCUT2D eigenvalue weighted by molar-refractivity contribution is 0.0593. The second-order valence-corrected chi connectivity index (χ2v) is 3.60. The second-order valence-electron chi connectivity index (χ2n) is 3.60. The van der Waals surface area contributed by atoms with Crippen LogP contribution in [0, 0.1) is 0 Å². The Morgan fingerprint density at radius 1 is 1.47 bits per heavy atom. The maximum atomic E-state index is 11.1. The number of ether oxygens (including phenoxy) is 1. The third-order valence-electron chi connectivity index (χ3n) is 2.39. The van der Waals surface area contributed by atoms with Gasteiger partial charge in [0, 0.05) is 13.1 Å². The van der Waals surface area contributed by atoms with E-state index >= 15 is 0 Å². The minimum Gasteiger partial charge on any atom is -0.464 e. The SMILES string of the molecule is CCN(C)CCNc1cnc(C(=O)OC)cn1. The van der Waals surface area contributed by atoms with Crippen molar-refractivity contribution in [1.82, 2.24) is 14.9 Å². The van der Waals surface area contributed by atoms with E-state index in [-0.39, 0.29) is 5.69 Å². The second kappa shape index (κ2) is 6.80. The van der Waals surface area contributed by atoms with Crippen molar-refractivity contribution in [3.8, 4) is 0 Å². The minimum absolute atomic E-state index is 0.212. The van der Waals surface area contributed by atoms with E-state index in [9.17, 15) is 4.79 Å². The first-order valence-electron chi connectivity index (χ1n) is 5.50. The monoisotopic (exact) mass is 238 g/mol. The number of aromatic nitrogens is 2. The third kappa shape index (κ3) is 4.36. The molecule has 0 bridgehead atoms. The number of rotatable bonds is 6. The molecule has 0 aromatic carbocycles. The Morgan fingerprint density at radius 3 is 2.76 bits per heavy atom. The summed E-state index contributed by atoms with van der Waals surface area (Å²) in [5.41, 5.74) is 0.212. The molecular weight excluding hydrogens is 220 g/mol. The lowest BCUT2D eigenvalue weighted by Gasteiger charge is -2.14. The van der Waals surface area contributed by atoms with Crippen molar-refractivity contribution in [2.24, 2.45) is 0 Å². The van der Waals surface area contributed by atoms with Crippen LogP contribution in [0.2, 0.25) is 0 Å². The van der Waals surface area contributed by atoms with Crippen LogP contribution in [0.15, 0.2) is 12.4 Å². The van der Waals surface area contributed by atoms with Crippen LogP contribution in [-0.4, -0.2) is 54.6 Å². The molecule has 0 saturated carbocycles. The summed E-state index contributed by atoms with van der Waals surface area (Å²) in [5, 5.41) is 3.13. The molecule has 0 aliphatic rings. The van der Waals surface area contributed by atoms with Crippen molar-refractivity contribution in [2.45, 2.75) is 6.92 Å². The van der Waals surface area contributed by atoms with Crippen molar-refractivity contribution in [3.05, 3.63) is 18.1 Å². The molecule has 0 aliphatic heterocycles. The van der Waals surface area contributed by atoms with Gasteiger partial charge in [-0.15, -0.1) is 0 Å². The van der Waals surface area contributed by atoms with Crippen molar-refractivity contribution < 1.29 is 9.53 Å². The molecule has 17 heavy (non-hydrogen) atoms. The molecule has 6 nitrogen and oxygen atoms in total. The number of carbonyl (C=O) groups is 1. The normalized spacial score (nSPS) is 10.4. The first-order valence-corrected chi connectivity index (χ1v) is 5.50. The van der Waals surface area contributed by atoms with E-state index in [1.807, 2.05) is 7.05 Å². The molecular formula is C11H18N4O2. The molecule has 0 unspecified atom stereocenters. The molecule has 0 amide bonds. The van der Waals surface area contributed by atoms with Gasteiger partial charge in [0.1, 0.15) is 5.82 Å². The van der Waals surface area contributed by atoms with Gasteiger partial charge in [-0.25, -0.2) is 14.8 Å². The highest BCUT2D eigenvalue weighted by Crippen LogP contribution is 2.01. The Labute approximate surface area is 101 Å². The van der Waals surface area contributed by atoms with Gasteiger partial charge in [-0.05, 0) is 13.6 Å². The Morgan fingerprint density at radius 2 is 2.24 bits per heavy atom. The summed E-state index contributed by atoms with van der Waals surface area (Å²) in [6.45, 7) is 4.83. The zero-order valence-corrected chi connectivity index (χ0v) is 10.4. The van der Waals surface area contributed by atoms with Gasteiger partial charge in [0.25, 0.3) is 0 Å². The molecule has 0 aliphatic carbocycles. The topological polar surface area (TPSA) is 67.4 Å². The molecule has 1 heterocycles. The van der Waals surface area contributed by atoms with Crippen LogP contribution in [0.1, 0.15) is 17.4 Å². The van der Waals surface area contributed by atoms with Crippen LogP contribution >= 0.6 is 0 Å². The number of likely N-dealkylation sites (N-methyl/N-ethyl adjacent to an activating group) is 1. The predicted molar refractivity (Wildman–Crippen MR) is 65.0 cm³/mol. The number of nitrogens with zero attached hydrogens (tertiary/aromatic N) is 3. The van der Waals surface area contributed by atoms with Crippen LogP contribution in [0.4, 0.5) is 5.82 Å². The van der Waals surface area contributed by atoms with E-state index < -0.39 is 5.97 Å². The van der Waals surface area contributed by atoms with Gasteiger partial charge in [-0.3, -0.25) is 0 Å². The molecule has 0 atom stereocenters. The standard InChI is InChI=1S/C11H18N4O2/c1-4-15(2)6-5-12-10-8-13-9(7-14-10)11(16)17-3/h7-8H,4-6H2,1-3H3,(H,12,14). The zero-order valence-electron chi connectivity index (χ0n) is 10.4. The van der Waals surface area contributed by atoms with Crippen molar-refractivity contribution in [3.63, 3.8) is 0 Å². The van der Waals surface area contributed by atoms with Gasteiger partial charge in [0.05, 0.1) is 19.5 Å². The third-order valence-corrected chi connectivity index (χ3v) is 2.39. The maximum Gasteiger partial charge on any atom is 0.358 e. The number of hydrogen-bond acceptors (Lipinski definition) is 6. The minimum atomic E-state index is -0.477. The van der Waals surface area contributed by atoms with Gasteiger partial charge >= 0.3 is 5.97 Å². The molecule has 0 radical (unpaired) electrons. The van der Waals surface area contributed by atoms with E-state index in [1.165, 1.54) is 19.5 Å². The summed E-state index contributed by atoms with van der Waals surface area (Å²) in [5.74, 6) is 0.178. The summed E-state index contributed by atoms with van der Waals surface area (Å²) in [6.07, 6.45) is 2.93.